The lowest BCUT2D eigenvalue weighted by atomic mass is 9.92. The number of hydrogen-bond acceptors (Lipinski definition) is 2. The molecule has 1 aliphatic heterocycles. The number of nitrogens with one attached hydrogen (secondary N) is 2. The zero-order valence-electron chi connectivity index (χ0n) is 10.5. The predicted molar refractivity (Wildman–Crippen MR) is 72.9 cm³/mol. The zero-order valence-corrected chi connectivity index (χ0v) is 12.1. The Morgan fingerprint density at radius 1 is 1.47 bits per heavy atom. The van der Waals surface area contributed by atoms with Gasteiger partial charge < -0.3 is 10.6 Å². The van der Waals surface area contributed by atoms with Crippen LogP contribution in [0.25, 0.3) is 0 Å². The molecule has 0 aliphatic carbocycles. The average molecular weight is 333 g/mol. The van der Waals surface area contributed by atoms with E-state index < -0.39 is 11.6 Å². The summed E-state index contributed by atoms with van der Waals surface area (Å²) in [6, 6.07) is 2.15. The van der Waals surface area contributed by atoms with E-state index in [1.54, 1.807) is 0 Å². The summed E-state index contributed by atoms with van der Waals surface area (Å²) >= 11 is 3.06. The lowest BCUT2D eigenvalue weighted by Gasteiger charge is -2.27. The minimum Gasteiger partial charge on any atom is -0.322 e. The third kappa shape index (κ3) is 3.51. The first-order chi connectivity index (χ1) is 8.97. The summed E-state index contributed by atoms with van der Waals surface area (Å²) in [5, 5.41) is 5.79. The van der Waals surface area contributed by atoms with E-state index in [0.29, 0.717) is 6.42 Å². The van der Waals surface area contributed by atoms with Gasteiger partial charge in [0.25, 0.3) is 0 Å². The van der Waals surface area contributed by atoms with Crippen molar-refractivity contribution in [1.82, 2.24) is 5.32 Å². The number of benzene rings is 1. The van der Waals surface area contributed by atoms with Crippen LogP contribution in [0.15, 0.2) is 16.6 Å². The zero-order chi connectivity index (χ0) is 14.0. The maximum absolute atomic E-state index is 13.6. The predicted octanol–water partition coefficient (Wildman–Crippen LogP) is 3.05. The molecule has 0 bridgehead atoms. The molecule has 1 fully saturated rings. The van der Waals surface area contributed by atoms with Crippen LogP contribution >= 0.6 is 15.9 Å². The van der Waals surface area contributed by atoms with E-state index in [9.17, 15) is 13.6 Å². The van der Waals surface area contributed by atoms with Crippen molar-refractivity contribution in [2.45, 2.75) is 25.8 Å². The first-order valence-electron chi connectivity index (χ1n) is 6.16. The number of anilines is 1. The van der Waals surface area contributed by atoms with Crippen molar-refractivity contribution < 1.29 is 13.6 Å². The van der Waals surface area contributed by atoms with Gasteiger partial charge in [-0.25, -0.2) is 8.78 Å². The Hall–Kier alpha value is -1.01. The number of rotatable bonds is 2. The smallest absolute Gasteiger partial charge is 0.227 e. The fourth-order valence-corrected chi connectivity index (χ4v) is 2.76. The molecule has 1 saturated heterocycles. The molecule has 104 valence electrons. The van der Waals surface area contributed by atoms with Gasteiger partial charge in [0, 0.05) is 22.5 Å². The van der Waals surface area contributed by atoms with E-state index in [4.69, 9.17) is 0 Å². The SMILES string of the molecule is CC1CC(C(=O)Nc2c(F)cc(F)cc2Br)CCN1. The Morgan fingerprint density at radius 3 is 2.84 bits per heavy atom. The highest BCUT2D eigenvalue weighted by Gasteiger charge is 2.25. The average Bonchev–Trinajstić information content (AvgIpc) is 2.33. The van der Waals surface area contributed by atoms with Crippen molar-refractivity contribution in [3.8, 4) is 0 Å². The van der Waals surface area contributed by atoms with E-state index in [1.807, 2.05) is 6.92 Å². The van der Waals surface area contributed by atoms with E-state index in [0.717, 1.165) is 25.1 Å². The van der Waals surface area contributed by atoms with E-state index in [1.165, 1.54) is 0 Å². The molecule has 0 saturated carbocycles. The van der Waals surface area contributed by atoms with Crippen molar-refractivity contribution in [2.24, 2.45) is 5.92 Å². The molecule has 0 aromatic heterocycles. The Bertz CT molecular complexity index is 473. The number of carbonyl (C=O) groups excluding carboxylic acids is 1. The fourth-order valence-electron chi connectivity index (χ4n) is 2.26. The molecule has 2 N–H and O–H groups in total. The number of halogens is 3. The van der Waals surface area contributed by atoms with E-state index in [-0.39, 0.29) is 28.0 Å². The van der Waals surface area contributed by atoms with Gasteiger partial charge in [-0.3, -0.25) is 4.79 Å². The van der Waals surface area contributed by atoms with E-state index >= 15 is 0 Å². The summed E-state index contributed by atoms with van der Waals surface area (Å²) < 4.78 is 26.8. The van der Waals surface area contributed by atoms with Crippen LogP contribution in [-0.2, 0) is 4.79 Å². The number of piperidine rings is 1. The maximum atomic E-state index is 13.6. The second-order valence-electron chi connectivity index (χ2n) is 4.81. The molecular weight excluding hydrogens is 318 g/mol. The molecule has 2 atom stereocenters. The molecule has 1 amide bonds. The molecular formula is C13H15BrF2N2O. The number of hydrogen-bond donors (Lipinski definition) is 2. The van der Waals surface area contributed by atoms with Gasteiger partial charge in [-0.1, -0.05) is 0 Å². The highest BCUT2D eigenvalue weighted by molar-refractivity contribution is 9.10. The first kappa shape index (κ1) is 14.4. The second-order valence-corrected chi connectivity index (χ2v) is 5.66. The van der Waals surface area contributed by atoms with Crippen LogP contribution in [-0.4, -0.2) is 18.5 Å². The van der Waals surface area contributed by atoms with Crippen molar-refractivity contribution in [2.75, 3.05) is 11.9 Å². The molecule has 1 aromatic carbocycles. The van der Waals surface area contributed by atoms with Crippen LogP contribution in [0.4, 0.5) is 14.5 Å². The summed E-state index contributed by atoms with van der Waals surface area (Å²) in [6.07, 6.45) is 1.43. The third-order valence-electron chi connectivity index (χ3n) is 3.25. The molecule has 1 heterocycles. The number of amides is 1. The van der Waals surface area contributed by atoms with Crippen LogP contribution in [0.1, 0.15) is 19.8 Å². The monoisotopic (exact) mass is 332 g/mol. The third-order valence-corrected chi connectivity index (χ3v) is 3.87. The Balaban J connectivity index is 2.10. The van der Waals surface area contributed by atoms with E-state index in [2.05, 4.69) is 26.6 Å². The van der Waals surface area contributed by atoms with Crippen LogP contribution < -0.4 is 10.6 Å². The summed E-state index contributed by atoms with van der Waals surface area (Å²) in [5.74, 6) is -1.83. The van der Waals surface area contributed by atoms with Gasteiger partial charge in [0.2, 0.25) is 5.91 Å². The Labute approximate surface area is 118 Å². The van der Waals surface area contributed by atoms with Crippen LogP contribution in [0, 0.1) is 17.6 Å². The summed E-state index contributed by atoms with van der Waals surface area (Å²) in [7, 11) is 0. The van der Waals surface area contributed by atoms with Crippen molar-refractivity contribution in [3.05, 3.63) is 28.2 Å². The molecule has 0 radical (unpaired) electrons. The largest absolute Gasteiger partial charge is 0.322 e. The van der Waals surface area contributed by atoms with Crippen LogP contribution in [0.5, 0.6) is 0 Å². The number of carbonyl (C=O) groups is 1. The van der Waals surface area contributed by atoms with Crippen LogP contribution in [0.2, 0.25) is 0 Å². The van der Waals surface area contributed by atoms with Gasteiger partial charge in [-0.15, -0.1) is 0 Å². The van der Waals surface area contributed by atoms with Crippen molar-refractivity contribution >= 4 is 27.5 Å². The minimum absolute atomic E-state index is 0.00224. The molecule has 19 heavy (non-hydrogen) atoms. The fraction of sp³-hybridized carbons (Fsp3) is 0.462. The van der Waals surface area contributed by atoms with Gasteiger partial charge in [0.15, 0.2) is 5.82 Å². The molecule has 1 aliphatic rings. The normalized spacial score (nSPS) is 23.2. The minimum atomic E-state index is -0.776. The molecule has 2 rings (SSSR count). The quantitative estimate of drug-likeness (QED) is 0.873. The summed E-state index contributed by atoms with van der Waals surface area (Å²) in [4.78, 5) is 12.1. The summed E-state index contributed by atoms with van der Waals surface area (Å²) in [6.45, 7) is 2.78. The lowest BCUT2D eigenvalue weighted by Crippen LogP contribution is -2.40. The van der Waals surface area contributed by atoms with Gasteiger partial charge in [0.05, 0.1) is 5.69 Å². The first-order valence-corrected chi connectivity index (χ1v) is 6.95. The molecule has 2 unspecified atom stereocenters. The second kappa shape index (κ2) is 5.96. The van der Waals surface area contributed by atoms with Crippen molar-refractivity contribution in [1.29, 1.82) is 0 Å². The van der Waals surface area contributed by atoms with Gasteiger partial charge in [-0.2, -0.15) is 0 Å². The Morgan fingerprint density at radius 2 is 2.21 bits per heavy atom. The van der Waals surface area contributed by atoms with Crippen molar-refractivity contribution in [3.63, 3.8) is 0 Å². The highest BCUT2D eigenvalue weighted by atomic mass is 79.9. The molecule has 6 heteroatoms. The standard InChI is InChI=1S/C13H15BrF2N2O/c1-7-4-8(2-3-17-7)13(19)18-12-10(14)5-9(15)6-11(12)16/h5-8,17H,2-4H2,1H3,(H,18,19). The van der Waals surface area contributed by atoms with Crippen LogP contribution in [0.3, 0.4) is 0 Å². The summed E-state index contributed by atoms with van der Waals surface area (Å²) in [5.41, 5.74) is -0.00224. The maximum Gasteiger partial charge on any atom is 0.227 e. The molecule has 0 spiro atoms. The molecule has 1 aromatic rings. The highest BCUT2D eigenvalue weighted by Crippen LogP contribution is 2.28. The lowest BCUT2D eigenvalue weighted by molar-refractivity contribution is -0.120. The van der Waals surface area contributed by atoms with Gasteiger partial charge in [-0.05, 0) is 48.3 Å². The topological polar surface area (TPSA) is 41.1 Å². The van der Waals surface area contributed by atoms with Gasteiger partial charge in [0.1, 0.15) is 5.82 Å². The van der Waals surface area contributed by atoms with Gasteiger partial charge >= 0.3 is 0 Å². The Kier molecular flexibility index (Phi) is 4.52. The molecule has 3 nitrogen and oxygen atoms in total.